The number of nitrogens with zero attached hydrogens (tertiary/aromatic N) is 3. The highest BCUT2D eigenvalue weighted by atomic mass is 32.2. The van der Waals surface area contributed by atoms with Crippen molar-refractivity contribution in [3.63, 3.8) is 0 Å². The Hall–Kier alpha value is -2.44. The Morgan fingerprint density at radius 3 is 2.43 bits per heavy atom. The predicted molar refractivity (Wildman–Crippen MR) is 101 cm³/mol. The molecule has 1 aromatic carbocycles. The molecule has 0 spiro atoms. The van der Waals surface area contributed by atoms with Crippen molar-refractivity contribution in [1.82, 2.24) is 14.4 Å². The number of benzene rings is 1. The Bertz CT molecular complexity index is 1090. The molecule has 0 radical (unpaired) electrons. The van der Waals surface area contributed by atoms with Crippen LogP contribution in [0.2, 0.25) is 0 Å². The Morgan fingerprint density at radius 1 is 1.13 bits per heavy atom. The van der Waals surface area contributed by atoms with Gasteiger partial charge in [-0.15, -0.1) is 24.5 Å². The second kappa shape index (κ2) is 8.00. The van der Waals surface area contributed by atoms with E-state index in [2.05, 4.69) is 14.9 Å². The third-order valence-corrected chi connectivity index (χ3v) is 7.46. The first-order chi connectivity index (χ1) is 14.2. The normalized spacial score (nSPS) is 16.6. The molecule has 2 aromatic heterocycles. The number of alkyl halides is 3. The van der Waals surface area contributed by atoms with Crippen LogP contribution in [-0.4, -0.2) is 42.3 Å². The van der Waals surface area contributed by atoms with E-state index in [1.54, 1.807) is 0 Å². The molecule has 1 aliphatic heterocycles. The third kappa shape index (κ3) is 4.50. The molecule has 0 amide bonds. The lowest BCUT2D eigenvalue weighted by Crippen LogP contribution is -2.37. The summed E-state index contributed by atoms with van der Waals surface area (Å²) in [6, 6.07) is 7.96. The zero-order valence-corrected chi connectivity index (χ0v) is 17.0. The molecule has 3 heterocycles. The van der Waals surface area contributed by atoms with E-state index in [-0.39, 0.29) is 23.9 Å². The maximum atomic E-state index is 12.8. The Labute approximate surface area is 174 Å². The van der Waals surface area contributed by atoms with E-state index >= 15 is 0 Å². The highest BCUT2D eigenvalue weighted by Gasteiger charge is 2.33. The number of hydrogen-bond acceptors (Lipinski definition) is 7. The molecule has 30 heavy (non-hydrogen) atoms. The summed E-state index contributed by atoms with van der Waals surface area (Å²) >= 11 is 1.50. The molecule has 3 aromatic rings. The third-order valence-electron chi connectivity index (χ3n) is 4.68. The lowest BCUT2D eigenvalue weighted by molar-refractivity contribution is -0.274. The first-order valence-electron chi connectivity index (χ1n) is 8.96. The van der Waals surface area contributed by atoms with Crippen LogP contribution in [0, 0.1) is 0 Å². The summed E-state index contributed by atoms with van der Waals surface area (Å²) < 4.78 is 72.8. The molecule has 0 atom stereocenters. The SMILES string of the molecule is O=S(=O)(c1ccc(OC(F)(F)F)cc1)N1CCC(c2nc(-c3cccs3)no2)CC1. The van der Waals surface area contributed by atoms with Gasteiger partial charge >= 0.3 is 6.36 Å². The van der Waals surface area contributed by atoms with Crippen LogP contribution in [-0.2, 0) is 10.0 Å². The van der Waals surface area contributed by atoms with Gasteiger partial charge < -0.3 is 9.26 Å². The monoisotopic (exact) mass is 459 g/mol. The van der Waals surface area contributed by atoms with Gasteiger partial charge in [-0.2, -0.15) is 9.29 Å². The van der Waals surface area contributed by atoms with E-state index in [0.29, 0.717) is 24.6 Å². The molecular formula is C18H16F3N3O4S2. The van der Waals surface area contributed by atoms with Crippen LogP contribution in [0.15, 0.2) is 51.2 Å². The largest absolute Gasteiger partial charge is 0.573 e. The van der Waals surface area contributed by atoms with Crippen LogP contribution in [0.1, 0.15) is 24.7 Å². The van der Waals surface area contributed by atoms with Crippen molar-refractivity contribution in [3.05, 3.63) is 47.7 Å². The Morgan fingerprint density at radius 2 is 1.83 bits per heavy atom. The second-order valence-corrected chi connectivity index (χ2v) is 9.52. The van der Waals surface area contributed by atoms with Gasteiger partial charge in [0.25, 0.3) is 0 Å². The lowest BCUT2D eigenvalue weighted by atomic mass is 9.98. The molecule has 160 valence electrons. The van der Waals surface area contributed by atoms with Gasteiger partial charge in [0.05, 0.1) is 9.77 Å². The minimum absolute atomic E-state index is 0.0553. The van der Waals surface area contributed by atoms with E-state index in [0.717, 1.165) is 29.1 Å². The van der Waals surface area contributed by atoms with Crippen LogP contribution < -0.4 is 4.74 Å². The number of sulfonamides is 1. The molecule has 0 aliphatic carbocycles. The van der Waals surface area contributed by atoms with Gasteiger partial charge in [0.1, 0.15) is 5.75 Å². The number of thiophene rings is 1. The van der Waals surface area contributed by atoms with Gasteiger partial charge in [0.15, 0.2) is 0 Å². The molecule has 1 fully saturated rings. The summed E-state index contributed by atoms with van der Waals surface area (Å²) in [5.74, 6) is 0.457. The van der Waals surface area contributed by atoms with Crippen LogP contribution in [0.4, 0.5) is 13.2 Å². The quantitative estimate of drug-likeness (QED) is 0.567. The van der Waals surface area contributed by atoms with E-state index in [1.165, 1.54) is 15.6 Å². The fraction of sp³-hybridized carbons (Fsp3) is 0.333. The van der Waals surface area contributed by atoms with Crippen molar-refractivity contribution in [3.8, 4) is 16.5 Å². The van der Waals surface area contributed by atoms with Gasteiger partial charge in [-0.3, -0.25) is 0 Å². The van der Waals surface area contributed by atoms with Crippen LogP contribution >= 0.6 is 11.3 Å². The molecule has 0 saturated carbocycles. The van der Waals surface area contributed by atoms with E-state index < -0.39 is 22.1 Å². The molecule has 0 unspecified atom stereocenters. The topological polar surface area (TPSA) is 85.5 Å². The molecule has 4 rings (SSSR count). The molecular weight excluding hydrogens is 443 g/mol. The fourth-order valence-corrected chi connectivity index (χ4v) is 5.33. The van der Waals surface area contributed by atoms with Gasteiger partial charge in [-0.05, 0) is 48.6 Å². The first kappa shape index (κ1) is 20.8. The zero-order valence-electron chi connectivity index (χ0n) is 15.4. The van der Waals surface area contributed by atoms with Crippen molar-refractivity contribution in [2.75, 3.05) is 13.1 Å². The minimum atomic E-state index is -4.83. The summed E-state index contributed by atoms with van der Waals surface area (Å²) in [7, 11) is -3.83. The van der Waals surface area contributed by atoms with Crippen molar-refractivity contribution in [1.29, 1.82) is 0 Å². The van der Waals surface area contributed by atoms with E-state index in [4.69, 9.17) is 4.52 Å². The molecule has 0 N–H and O–H groups in total. The predicted octanol–water partition coefficient (Wildman–Crippen LogP) is 4.27. The Balaban J connectivity index is 1.40. The lowest BCUT2D eigenvalue weighted by Gasteiger charge is -2.29. The molecule has 1 saturated heterocycles. The average Bonchev–Trinajstić information content (AvgIpc) is 3.39. The fourth-order valence-electron chi connectivity index (χ4n) is 3.21. The van der Waals surface area contributed by atoms with Crippen molar-refractivity contribution in [2.24, 2.45) is 0 Å². The summed E-state index contributed by atoms with van der Waals surface area (Å²) in [4.78, 5) is 5.22. The summed E-state index contributed by atoms with van der Waals surface area (Å²) in [5.41, 5.74) is 0. The van der Waals surface area contributed by atoms with Gasteiger partial charge in [0.2, 0.25) is 21.7 Å². The number of ether oxygens (including phenoxy) is 1. The first-order valence-corrected chi connectivity index (χ1v) is 11.3. The zero-order chi connectivity index (χ0) is 21.4. The Kier molecular flexibility index (Phi) is 5.55. The highest BCUT2D eigenvalue weighted by Crippen LogP contribution is 2.32. The highest BCUT2D eigenvalue weighted by molar-refractivity contribution is 7.89. The van der Waals surface area contributed by atoms with Gasteiger partial charge in [0, 0.05) is 19.0 Å². The maximum Gasteiger partial charge on any atom is 0.573 e. The van der Waals surface area contributed by atoms with Crippen LogP contribution in [0.5, 0.6) is 5.75 Å². The summed E-state index contributed by atoms with van der Waals surface area (Å²) in [6.45, 7) is 0.481. The molecule has 1 aliphatic rings. The van der Waals surface area contributed by atoms with Crippen molar-refractivity contribution < 1.29 is 30.8 Å². The maximum absolute atomic E-state index is 12.8. The molecule has 7 nitrogen and oxygen atoms in total. The van der Waals surface area contributed by atoms with Crippen LogP contribution in [0.25, 0.3) is 10.7 Å². The standard InChI is InChI=1S/C18H16F3N3O4S2/c19-18(20,21)27-13-3-5-14(6-4-13)30(25,26)24-9-7-12(8-10-24)17-22-16(23-28-17)15-2-1-11-29-15/h1-6,11-12H,7-10H2. The molecule has 0 bridgehead atoms. The van der Waals surface area contributed by atoms with Gasteiger partial charge in [-0.25, -0.2) is 8.42 Å². The number of aromatic nitrogens is 2. The number of rotatable bonds is 5. The second-order valence-electron chi connectivity index (χ2n) is 6.63. The van der Waals surface area contributed by atoms with Crippen LogP contribution in [0.3, 0.4) is 0 Å². The summed E-state index contributed by atoms with van der Waals surface area (Å²) in [5, 5.41) is 5.90. The van der Waals surface area contributed by atoms with Crippen molar-refractivity contribution >= 4 is 21.4 Å². The smallest absolute Gasteiger partial charge is 0.406 e. The minimum Gasteiger partial charge on any atom is -0.406 e. The van der Waals surface area contributed by atoms with E-state index in [1.807, 2.05) is 17.5 Å². The van der Waals surface area contributed by atoms with Gasteiger partial charge in [-0.1, -0.05) is 11.2 Å². The number of piperidine rings is 1. The summed E-state index contributed by atoms with van der Waals surface area (Å²) in [6.07, 6.45) is -3.83. The molecule has 12 heteroatoms. The number of hydrogen-bond donors (Lipinski definition) is 0. The van der Waals surface area contributed by atoms with E-state index in [9.17, 15) is 21.6 Å². The number of halogens is 3. The average molecular weight is 459 g/mol. The van der Waals surface area contributed by atoms with Crippen molar-refractivity contribution in [2.45, 2.75) is 30.0 Å².